The Kier molecular flexibility index (Phi) is 4.42. The molecular formula is C13H19N3O2S. The number of carbonyl (C=O) groups excluding carboxylic acids is 1. The zero-order chi connectivity index (χ0) is 13.8. The number of amides is 1. The fourth-order valence-electron chi connectivity index (χ4n) is 2.13. The summed E-state index contributed by atoms with van der Waals surface area (Å²) >= 11 is 1.62. The molecule has 1 heterocycles. The van der Waals surface area contributed by atoms with Crippen LogP contribution >= 0.6 is 11.3 Å². The van der Waals surface area contributed by atoms with E-state index < -0.39 is 5.92 Å². The summed E-state index contributed by atoms with van der Waals surface area (Å²) in [7, 11) is 0. The minimum Gasteiger partial charge on any atom is -0.409 e. The smallest absolute Gasteiger partial charge is 0.233 e. The Morgan fingerprint density at radius 2 is 2.42 bits per heavy atom. The van der Waals surface area contributed by atoms with E-state index in [1.54, 1.807) is 11.3 Å². The molecule has 19 heavy (non-hydrogen) atoms. The first-order chi connectivity index (χ1) is 9.17. The molecule has 1 aliphatic rings. The molecule has 0 saturated heterocycles. The largest absolute Gasteiger partial charge is 0.409 e. The number of amidine groups is 1. The van der Waals surface area contributed by atoms with E-state index in [1.807, 2.05) is 28.7 Å². The highest BCUT2D eigenvalue weighted by atomic mass is 32.1. The maximum atomic E-state index is 12.5. The third kappa shape index (κ3) is 3.26. The Balaban J connectivity index is 2.12. The van der Waals surface area contributed by atoms with Gasteiger partial charge < -0.3 is 15.8 Å². The normalized spacial score (nSPS) is 17.2. The van der Waals surface area contributed by atoms with Gasteiger partial charge in [0.05, 0.1) is 5.92 Å². The number of hydrogen-bond donors (Lipinski definition) is 2. The van der Waals surface area contributed by atoms with Crippen LogP contribution < -0.4 is 5.73 Å². The number of thiophene rings is 1. The third-order valence-corrected chi connectivity index (χ3v) is 4.11. The number of hydrogen-bond acceptors (Lipinski definition) is 4. The van der Waals surface area contributed by atoms with Crippen LogP contribution in [0.3, 0.4) is 0 Å². The molecule has 104 valence electrons. The van der Waals surface area contributed by atoms with Crippen molar-refractivity contribution in [2.24, 2.45) is 16.8 Å². The predicted octanol–water partition coefficient (Wildman–Crippen LogP) is 2.01. The summed E-state index contributed by atoms with van der Waals surface area (Å²) < 4.78 is 0. The van der Waals surface area contributed by atoms with Crippen molar-refractivity contribution >= 4 is 23.1 Å². The Morgan fingerprint density at radius 1 is 1.68 bits per heavy atom. The van der Waals surface area contributed by atoms with Gasteiger partial charge in [0.15, 0.2) is 5.84 Å². The lowest BCUT2D eigenvalue weighted by molar-refractivity contribution is -0.134. The van der Waals surface area contributed by atoms with E-state index >= 15 is 0 Å². The molecule has 5 nitrogen and oxygen atoms in total. The highest BCUT2D eigenvalue weighted by Crippen LogP contribution is 2.30. The highest BCUT2D eigenvalue weighted by Gasteiger charge is 2.36. The molecule has 1 aromatic rings. The summed E-state index contributed by atoms with van der Waals surface area (Å²) in [6.07, 6.45) is 2.63. The number of nitrogens with two attached hydrogens (primary N) is 1. The maximum Gasteiger partial charge on any atom is 0.233 e. The van der Waals surface area contributed by atoms with Gasteiger partial charge in [-0.1, -0.05) is 12.1 Å². The van der Waals surface area contributed by atoms with Gasteiger partial charge in [-0.05, 0) is 41.7 Å². The molecule has 0 spiro atoms. The van der Waals surface area contributed by atoms with Gasteiger partial charge in [-0.3, -0.25) is 4.79 Å². The second kappa shape index (κ2) is 6.06. The van der Waals surface area contributed by atoms with Gasteiger partial charge >= 0.3 is 0 Å². The molecule has 1 aromatic heterocycles. The van der Waals surface area contributed by atoms with E-state index in [0.717, 1.165) is 18.4 Å². The fraction of sp³-hybridized carbons (Fsp3) is 0.538. The van der Waals surface area contributed by atoms with Crippen molar-refractivity contribution in [3.63, 3.8) is 0 Å². The number of nitrogens with zero attached hydrogens (tertiary/aromatic N) is 2. The van der Waals surface area contributed by atoms with E-state index in [9.17, 15) is 4.79 Å². The zero-order valence-corrected chi connectivity index (χ0v) is 11.8. The summed E-state index contributed by atoms with van der Waals surface area (Å²) in [5.74, 6) is -0.556. The minimum atomic E-state index is -0.524. The molecule has 6 heteroatoms. The van der Waals surface area contributed by atoms with Crippen LogP contribution in [0.2, 0.25) is 0 Å². The Morgan fingerprint density at radius 3 is 2.89 bits per heavy atom. The first-order valence-corrected chi connectivity index (χ1v) is 7.40. The lowest BCUT2D eigenvalue weighted by atomic mass is 10.0. The predicted molar refractivity (Wildman–Crippen MR) is 75.1 cm³/mol. The van der Waals surface area contributed by atoms with Crippen molar-refractivity contribution < 1.29 is 10.0 Å². The summed E-state index contributed by atoms with van der Waals surface area (Å²) in [4.78, 5) is 14.4. The number of rotatable bonds is 6. The second-order valence-electron chi connectivity index (χ2n) is 4.81. The van der Waals surface area contributed by atoms with E-state index in [4.69, 9.17) is 10.9 Å². The summed E-state index contributed by atoms with van der Waals surface area (Å²) in [6.45, 7) is 2.48. The standard InChI is InChI=1S/C13H19N3O2S/c1-2-11(12(14)15-18)13(17)16(10-3-4-10)7-9-5-6-19-8-9/h5-6,8,10-11,18H,2-4,7H2,1H3,(H2,14,15). The molecule has 1 amide bonds. The van der Waals surface area contributed by atoms with Crippen LogP contribution in [-0.2, 0) is 11.3 Å². The first-order valence-electron chi connectivity index (χ1n) is 6.46. The van der Waals surface area contributed by atoms with Gasteiger partial charge in [0.25, 0.3) is 0 Å². The molecule has 0 bridgehead atoms. The third-order valence-electron chi connectivity index (χ3n) is 3.38. The fourth-order valence-corrected chi connectivity index (χ4v) is 2.79. The van der Waals surface area contributed by atoms with Gasteiger partial charge in [0, 0.05) is 12.6 Å². The van der Waals surface area contributed by atoms with Gasteiger partial charge in [-0.2, -0.15) is 11.3 Å². The van der Waals surface area contributed by atoms with Gasteiger partial charge in [0.1, 0.15) is 0 Å². The molecule has 1 unspecified atom stereocenters. The van der Waals surface area contributed by atoms with Crippen LogP contribution in [-0.4, -0.2) is 27.9 Å². The SMILES string of the molecule is CCC(C(=O)N(Cc1ccsc1)C1CC1)C(N)=NO. The van der Waals surface area contributed by atoms with E-state index in [1.165, 1.54) is 0 Å². The van der Waals surface area contributed by atoms with Crippen LogP contribution in [0.25, 0.3) is 0 Å². The van der Waals surface area contributed by atoms with Crippen molar-refractivity contribution in [1.82, 2.24) is 4.90 Å². The quantitative estimate of drug-likeness (QED) is 0.362. The Labute approximate surface area is 116 Å². The summed E-state index contributed by atoms with van der Waals surface area (Å²) in [6, 6.07) is 2.34. The van der Waals surface area contributed by atoms with Crippen molar-refractivity contribution in [3.8, 4) is 0 Å². The van der Waals surface area contributed by atoms with Gasteiger partial charge in [-0.15, -0.1) is 0 Å². The van der Waals surface area contributed by atoms with Gasteiger partial charge in [0.2, 0.25) is 5.91 Å². The molecule has 0 aliphatic heterocycles. The van der Waals surface area contributed by atoms with Crippen molar-refractivity contribution in [2.45, 2.75) is 38.8 Å². The second-order valence-corrected chi connectivity index (χ2v) is 5.59. The van der Waals surface area contributed by atoms with E-state index in [2.05, 4.69) is 5.16 Å². The molecule has 3 N–H and O–H groups in total. The lowest BCUT2D eigenvalue weighted by Crippen LogP contribution is -2.42. The minimum absolute atomic E-state index is 0.00321. The first kappa shape index (κ1) is 13.9. The lowest BCUT2D eigenvalue weighted by Gasteiger charge is -2.26. The Hall–Kier alpha value is -1.56. The van der Waals surface area contributed by atoms with Crippen molar-refractivity contribution in [2.75, 3.05) is 0 Å². The van der Waals surface area contributed by atoms with Crippen molar-refractivity contribution in [1.29, 1.82) is 0 Å². The zero-order valence-electron chi connectivity index (χ0n) is 11.0. The van der Waals surface area contributed by atoms with Crippen molar-refractivity contribution in [3.05, 3.63) is 22.4 Å². The molecule has 1 saturated carbocycles. The molecule has 0 aromatic carbocycles. The molecule has 0 radical (unpaired) electrons. The molecule has 2 rings (SSSR count). The van der Waals surface area contributed by atoms with Gasteiger partial charge in [-0.25, -0.2) is 0 Å². The average Bonchev–Trinajstić information content (AvgIpc) is 3.13. The summed E-state index contributed by atoms with van der Waals surface area (Å²) in [5, 5.41) is 15.8. The van der Waals surface area contributed by atoms with E-state index in [-0.39, 0.29) is 11.7 Å². The molecule has 1 fully saturated rings. The molecular weight excluding hydrogens is 262 g/mol. The topological polar surface area (TPSA) is 78.9 Å². The highest BCUT2D eigenvalue weighted by molar-refractivity contribution is 7.07. The van der Waals surface area contributed by atoms with Crippen LogP contribution in [0.4, 0.5) is 0 Å². The van der Waals surface area contributed by atoms with Crippen LogP contribution in [0.5, 0.6) is 0 Å². The average molecular weight is 281 g/mol. The molecule has 1 atom stereocenters. The summed E-state index contributed by atoms with van der Waals surface area (Å²) in [5.41, 5.74) is 6.75. The van der Waals surface area contributed by atoms with Crippen LogP contribution in [0.15, 0.2) is 22.0 Å². The maximum absolute atomic E-state index is 12.5. The van der Waals surface area contributed by atoms with Crippen LogP contribution in [0.1, 0.15) is 31.7 Å². The number of carbonyl (C=O) groups is 1. The van der Waals surface area contributed by atoms with E-state index in [0.29, 0.717) is 19.0 Å². The monoisotopic (exact) mass is 281 g/mol. The number of oxime groups is 1. The van der Waals surface area contributed by atoms with Crippen LogP contribution in [0, 0.1) is 5.92 Å². The molecule has 1 aliphatic carbocycles. The Bertz CT molecular complexity index is 454.